The third-order valence-corrected chi connectivity index (χ3v) is 2.60. The second-order valence-corrected chi connectivity index (χ2v) is 9.20. The molecule has 0 aromatic heterocycles. The van der Waals surface area contributed by atoms with E-state index < -0.39 is 14.0 Å². The molecule has 0 spiro atoms. The lowest BCUT2D eigenvalue weighted by Gasteiger charge is -2.03. The van der Waals surface area contributed by atoms with Crippen LogP contribution in [-0.2, 0) is 0 Å². The van der Waals surface area contributed by atoms with Crippen molar-refractivity contribution in [2.75, 3.05) is 0 Å². The van der Waals surface area contributed by atoms with Gasteiger partial charge >= 0.3 is 0 Å². The Kier molecular flexibility index (Phi) is 3.33. The predicted octanol–water partition coefficient (Wildman–Crippen LogP) is 2.01. The maximum absolute atomic E-state index is 10.9. The molecule has 0 bridgehead atoms. The van der Waals surface area contributed by atoms with Crippen LogP contribution < -0.4 is 5.73 Å². The van der Waals surface area contributed by atoms with Crippen molar-refractivity contribution in [3.05, 3.63) is 35.4 Å². The van der Waals surface area contributed by atoms with Gasteiger partial charge in [-0.25, -0.2) is 0 Å². The van der Waals surface area contributed by atoms with Gasteiger partial charge in [0, 0.05) is 11.1 Å². The molecule has 0 fully saturated rings. The Labute approximate surface area is 91.5 Å². The molecule has 0 aliphatic rings. The SMILES string of the molecule is C[Si](C)(C)C#Cc1cccc(C(N)=O)c1. The van der Waals surface area contributed by atoms with Gasteiger partial charge in [-0.05, 0) is 18.2 Å². The van der Waals surface area contributed by atoms with E-state index in [0.29, 0.717) is 5.56 Å². The number of carbonyl (C=O) groups excluding carboxylic acids is 1. The Morgan fingerprint density at radius 1 is 1.33 bits per heavy atom. The summed E-state index contributed by atoms with van der Waals surface area (Å²) in [4.78, 5) is 10.9. The molecule has 1 rings (SSSR count). The zero-order valence-corrected chi connectivity index (χ0v) is 10.3. The average Bonchev–Trinajstić information content (AvgIpc) is 2.14. The van der Waals surface area contributed by atoms with E-state index in [0.717, 1.165) is 5.56 Å². The van der Waals surface area contributed by atoms with Crippen LogP contribution in [0.15, 0.2) is 24.3 Å². The third-order valence-electron chi connectivity index (χ3n) is 1.73. The first-order valence-corrected chi connectivity index (χ1v) is 8.31. The number of nitrogens with two attached hydrogens (primary N) is 1. The van der Waals surface area contributed by atoms with Gasteiger partial charge in [-0.1, -0.05) is 31.6 Å². The molecule has 0 aliphatic carbocycles. The molecule has 2 N–H and O–H groups in total. The molecule has 3 heteroatoms. The quantitative estimate of drug-likeness (QED) is 0.567. The van der Waals surface area contributed by atoms with Gasteiger partial charge < -0.3 is 5.73 Å². The van der Waals surface area contributed by atoms with Crippen LogP contribution in [0, 0.1) is 11.5 Å². The first-order valence-electron chi connectivity index (χ1n) is 4.81. The number of rotatable bonds is 1. The standard InChI is InChI=1S/C12H15NOSi/c1-15(2,3)8-7-10-5-4-6-11(9-10)12(13)14/h4-6,9H,1-3H3,(H2,13,14). The highest BCUT2D eigenvalue weighted by Gasteiger charge is 2.07. The topological polar surface area (TPSA) is 43.1 Å². The van der Waals surface area contributed by atoms with Crippen molar-refractivity contribution in [2.45, 2.75) is 19.6 Å². The lowest BCUT2D eigenvalue weighted by molar-refractivity contribution is 0.100. The zero-order chi connectivity index (χ0) is 11.5. The van der Waals surface area contributed by atoms with Crippen molar-refractivity contribution < 1.29 is 4.79 Å². The Morgan fingerprint density at radius 3 is 2.53 bits per heavy atom. The van der Waals surface area contributed by atoms with Gasteiger partial charge in [0.1, 0.15) is 8.07 Å². The van der Waals surface area contributed by atoms with E-state index >= 15 is 0 Å². The average molecular weight is 217 g/mol. The van der Waals surface area contributed by atoms with Gasteiger partial charge in [-0.15, -0.1) is 5.54 Å². The fraction of sp³-hybridized carbons (Fsp3) is 0.250. The number of hydrogen-bond donors (Lipinski definition) is 1. The molecule has 0 saturated heterocycles. The van der Waals surface area contributed by atoms with Gasteiger partial charge in [0.15, 0.2) is 0 Å². The zero-order valence-electron chi connectivity index (χ0n) is 9.29. The van der Waals surface area contributed by atoms with E-state index in [9.17, 15) is 4.79 Å². The Hall–Kier alpha value is -1.53. The number of hydrogen-bond acceptors (Lipinski definition) is 1. The predicted molar refractivity (Wildman–Crippen MR) is 65.2 cm³/mol. The normalized spacial score (nSPS) is 10.3. The van der Waals surface area contributed by atoms with Gasteiger partial charge in [0.25, 0.3) is 0 Å². The smallest absolute Gasteiger partial charge is 0.248 e. The van der Waals surface area contributed by atoms with Gasteiger partial charge in [0.05, 0.1) is 0 Å². The fourth-order valence-corrected chi connectivity index (χ4v) is 1.53. The summed E-state index contributed by atoms with van der Waals surface area (Å²) in [6.45, 7) is 6.54. The second kappa shape index (κ2) is 4.33. The second-order valence-electron chi connectivity index (χ2n) is 4.45. The minimum Gasteiger partial charge on any atom is -0.366 e. The van der Waals surface area contributed by atoms with Crippen molar-refractivity contribution in [3.63, 3.8) is 0 Å². The van der Waals surface area contributed by atoms with E-state index in [1.807, 2.05) is 6.07 Å². The van der Waals surface area contributed by atoms with Gasteiger partial charge in [0.2, 0.25) is 5.91 Å². The first-order chi connectivity index (χ1) is 6.88. The van der Waals surface area contributed by atoms with Crippen LogP contribution in [0.1, 0.15) is 15.9 Å². The minimum absolute atomic E-state index is 0.411. The molecule has 78 valence electrons. The molecular weight excluding hydrogens is 202 g/mol. The van der Waals surface area contributed by atoms with E-state index in [1.165, 1.54) is 0 Å². The van der Waals surface area contributed by atoms with Crippen molar-refractivity contribution in [3.8, 4) is 11.5 Å². The lowest BCUT2D eigenvalue weighted by atomic mass is 10.1. The Bertz CT molecular complexity index is 435. The number of primary amides is 1. The summed E-state index contributed by atoms with van der Waals surface area (Å²) in [6, 6.07) is 7.12. The van der Waals surface area contributed by atoms with Gasteiger partial charge in [-0.2, -0.15) is 0 Å². The van der Waals surface area contributed by atoms with Gasteiger partial charge in [-0.3, -0.25) is 4.79 Å². The Balaban J connectivity index is 3.00. The van der Waals surface area contributed by atoms with Crippen molar-refractivity contribution in [1.29, 1.82) is 0 Å². The fourth-order valence-electron chi connectivity index (χ4n) is 1.01. The van der Waals surface area contributed by atoms with Crippen molar-refractivity contribution >= 4 is 14.0 Å². The van der Waals surface area contributed by atoms with Crippen LogP contribution in [0.5, 0.6) is 0 Å². The minimum atomic E-state index is -1.36. The van der Waals surface area contributed by atoms with Crippen LogP contribution in [0.2, 0.25) is 19.6 Å². The maximum Gasteiger partial charge on any atom is 0.248 e. The van der Waals surface area contributed by atoms with Crippen molar-refractivity contribution in [2.24, 2.45) is 5.73 Å². The molecule has 15 heavy (non-hydrogen) atoms. The van der Waals surface area contributed by atoms with Crippen LogP contribution in [0.4, 0.5) is 0 Å². The summed E-state index contributed by atoms with van der Waals surface area (Å²) in [5.74, 6) is 2.67. The first kappa shape index (κ1) is 11.5. The molecule has 0 heterocycles. The molecule has 1 aromatic rings. The molecular formula is C12H15NOSi. The summed E-state index contributed by atoms with van der Waals surface area (Å²) in [5, 5.41) is 0. The number of amides is 1. The number of carbonyl (C=O) groups is 1. The van der Waals surface area contributed by atoms with E-state index in [-0.39, 0.29) is 0 Å². The number of benzene rings is 1. The third kappa shape index (κ3) is 4.01. The molecule has 0 aliphatic heterocycles. The molecule has 0 atom stereocenters. The Morgan fingerprint density at radius 2 is 2.00 bits per heavy atom. The van der Waals surface area contributed by atoms with Crippen LogP contribution in [0.3, 0.4) is 0 Å². The van der Waals surface area contributed by atoms with Crippen molar-refractivity contribution in [1.82, 2.24) is 0 Å². The molecule has 0 unspecified atom stereocenters. The highest BCUT2D eigenvalue weighted by molar-refractivity contribution is 6.83. The molecule has 1 aromatic carbocycles. The molecule has 0 saturated carbocycles. The lowest BCUT2D eigenvalue weighted by Crippen LogP contribution is -2.16. The monoisotopic (exact) mass is 217 g/mol. The highest BCUT2D eigenvalue weighted by atomic mass is 28.3. The van der Waals surface area contributed by atoms with Crippen LogP contribution in [0.25, 0.3) is 0 Å². The van der Waals surface area contributed by atoms with E-state index in [1.54, 1.807) is 18.2 Å². The molecule has 0 radical (unpaired) electrons. The summed E-state index contributed by atoms with van der Waals surface area (Å²) < 4.78 is 0. The van der Waals surface area contributed by atoms with E-state index in [4.69, 9.17) is 5.73 Å². The molecule has 1 amide bonds. The van der Waals surface area contributed by atoms with Crippen LogP contribution >= 0.6 is 0 Å². The van der Waals surface area contributed by atoms with Crippen LogP contribution in [-0.4, -0.2) is 14.0 Å². The molecule has 2 nitrogen and oxygen atoms in total. The largest absolute Gasteiger partial charge is 0.366 e. The maximum atomic E-state index is 10.9. The summed E-state index contributed by atoms with van der Waals surface area (Å²) >= 11 is 0. The highest BCUT2D eigenvalue weighted by Crippen LogP contribution is 2.04. The van der Waals surface area contributed by atoms with E-state index in [2.05, 4.69) is 31.1 Å². The summed E-state index contributed by atoms with van der Waals surface area (Å²) in [5.41, 5.74) is 9.79. The summed E-state index contributed by atoms with van der Waals surface area (Å²) in [6.07, 6.45) is 0. The summed E-state index contributed by atoms with van der Waals surface area (Å²) in [7, 11) is -1.36.